The highest BCUT2D eigenvalue weighted by atomic mass is 79.9. The molecule has 0 saturated carbocycles. The summed E-state index contributed by atoms with van der Waals surface area (Å²) in [7, 11) is 0. The SMILES string of the molecule is CCCCNC(=O)/C(C#N)=C/C(Br)=C/c1ccccc1. The summed E-state index contributed by atoms with van der Waals surface area (Å²) in [6.07, 6.45) is 5.31. The molecule has 0 saturated heterocycles. The predicted molar refractivity (Wildman–Crippen MR) is 85.0 cm³/mol. The molecule has 0 aliphatic carbocycles. The van der Waals surface area contributed by atoms with Crippen molar-refractivity contribution in [1.82, 2.24) is 5.32 Å². The number of rotatable bonds is 6. The number of carbonyl (C=O) groups excluding carboxylic acids is 1. The van der Waals surface area contributed by atoms with Crippen molar-refractivity contribution < 1.29 is 4.79 Å². The minimum absolute atomic E-state index is 0.0974. The minimum atomic E-state index is -0.334. The average molecular weight is 333 g/mol. The quantitative estimate of drug-likeness (QED) is 0.373. The van der Waals surface area contributed by atoms with E-state index >= 15 is 0 Å². The molecule has 104 valence electrons. The molecule has 4 heteroatoms. The Hall–Kier alpha value is -1.86. The number of nitriles is 1. The number of nitrogens with zero attached hydrogens (tertiary/aromatic N) is 1. The highest BCUT2D eigenvalue weighted by molar-refractivity contribution is 9.12. The van der Waals surface area contributed by atoms with Crippen LogP contribution in [-0.4, -0.2) is 12.5 Å². The Kier molecular flexibility index (Phi) is 7.38. The molecular formula is C16H17BrN2O. The zero-order chi connectivity index (χ0) is 14.8. The van der Waals surface area contributed by atoms with Crippen molar-refractivity contribution in [3.63, 3.8) is 0 Å². The Labute approximate surface area is 128 Å². The summed E-state index contributed by atoms with van der Waals surface area (Å²) in [4.78, 5) is 11.8. The van der Waals surface area contributed by atoms with Gasteiger partial charge in [-0.1, -0.05) is 59.6 Å². The second kappa shape index (κ2) is 9.11. The van der Waals surface area contributed by atoms with Crippen LogP contribution in [0.25, 0.3) is 6.08 Å². The Bertz CT molecular complexity index is 541. The molecule has 0 atom stereocenters. The monoisotopic (exact) mass is 332 g/mol. The highest BCUT2D eigenvalue weighted by Crippen LogP contribution is 2.15. The summed E-state index contributed by atoms with van der Waals surface area (Å²) in [5, 5.41) is 11.8. The number of benzene rings is 1. The van der Waals surface area contributed by atoms with Gasteiger partial charge in [-0.25, -0.2) is 0 Å². The van der Waals surface area contributed by atoms with Crippen LogP contribution in [0, 0.1) is 11.3 Å². The lowest BCUT2D eigenvalue weighted by Gasteiger charge is -2.02. The summed E-state index contributed by atoms with van der Waals surface area (Å²) >= 11 is 3.36. The minimum Gasteiger partial charge on any atom is -0.351 e. The predicted octanol–water partition coefficient (Wildman–Crippen LogP) is 3.79. The fourth-order valence-corrected chi connectivity index (χ4v) is 2.00. The smallest absolute Gasteiger partial charge is 0.261 e. The van der Waals surface area contributed by atoms with E-state index < -0.39 is 0 Å². The second-order valence-corrected chi connectivity index (χ2v) is 5.13. The summed E-state index contributed by atoms with van der Waals surface area (Å²) in [5.74, 6) is -0.334. The maximum absolute atomic E-state index is 11.8. The molecule has 0 aliphatic rings. The van der Waals surface area contributed by atoms with E-state index in [1.54, 1.807) is 0 Å². The molecule has 1 aromatic rings. The van der Waals surface area contributed by atoms with Crippen molar-refractivity contribution in [3.05, 3.63) is 52.0 Å². The first-order chi connectivity index (χ1) is 9.67. The molecule has 0 bridgehead atoms. The lowest BCUT2D eigenvalue weighted by Crippen LogP contribution is -2.25. The number of allylic oxidation sites excluding steroid dienone is 2. The van der Waals surface area contributed by atoms with E-state index in [1.807, 2.05) is 49.4 Å². The molecule has 0 spiro atoms. The van der Waals surface area contributed by atoms with Gasteiger partial charge in [0.05, 0.1) is 0 Å². The summed E-state index contributed by atoms with van der Waals surface area (Å²) < 4.78 is 0.686. The summed E-state index contributed by atoms with van der Waals surface area (Å²) in [6.45, 7) is 2.64. The van der Waals surface area contributed by atoms with Gasteiger partial charge in [-0.15, -0.1) is 0 Å². The third-order valence-corrected chi connectivity index (χ3v) is 3.03. The van der Waals surface area contributed by atoms with Gasteiger partial charge >= 0.3 is 0 Å². The van der Waals surface area contributed by atoms with E-state index in [-0.39, 0.29) is 11.5 Å². The Morgan fingerprint density at radius 2 is 2.10 bits per heavy atom. The van der Waals surface area contributed by atoms with Crippen LogP contribution < -0.4 is 5.32 Å². The standard InChI is InChI=1S/C16H17BrN2O/c1-2-3-9-19-16(20)14(12-18)11-15(17)10-13-7-5-4-6-8-13/h4-8,10-11H,2-3,9H2,1H3,(H,19,20)/b14-11+,15-10-. The first-order valence-electron chi connectivity index (χ1n) is 6.49. The van der Waals surface area contributed by atoms with Gasteiger partial charge in [-0.2, -0.15) is 5.26 Å². The molecule has 0 aromatic heterocycles. The largest absolute Gasteiger partial charge is 0.351 e. The fourth-order valence-electron chi connectivity index (χ4n) is 1.51. The topological polar surface area (TPSA) is 52.9 Å². The maximum Gasteiger partial charge on any atom is 0.261 e. The molecule has 0 fully saturated rings. The molecule has 3 nitrogen and oxygen atoms in total. The fraction of sp³-hybridized carbons (Fsp3) is 0.250. The van der Waals surface area contributed by atoms with E-state index in [2.05, 4.69) is 21.2 Å². The van der Waals surface area contributed by atoms with Crippen LogP contribution in [0.1, 0.15) is 25.3 Å². The third kappa shape index (κ3) is 5.85. The normalized spacial score (nSPS) is 11.8. The van der Waals surface area contributed by atoms with Crippen LogP contribution >= 0.6 is 15.9 Å². The molecule has 0 heterocycles. The van der Waals surface area contributed by atoms with E-state index in [0.29, 0.717) is 11.0 Å². The maximum atomic E-state index is 11.8. The van der Waals surface area contributed by atoms with Crippen molar-refractivity contribution in [2.24, 2.45) is 0 Å². The van der Waals surface area contributed by atoms with Gasteiger partial charge in [0.1, 0.15) is 11.6 Å². The van der Waals surface area contributed by atoms with Gasteiger partial charge in [0.25, 0.3) is 5.91 Å². The van der Waals surface area contributed by atoms with Crippen molar-refractivity contribution in [2.45, 2.75) is 19.8 Å². The van der Waals surface area contributed by atoms with E-state index in [4.69, 9.17) is 5.26 Å². The van der Waals surface area contributed by atoms with Crippen molar-refractivity contribution in [2.75, 3.05) is 6.54 Å². The van der Waals surface area contributed by atoms with Gasteiger partial charge in [-0.05, 0) is 24.1 Å². The van der Waals surface area contributed by atoms with Crippen LogP contribution in [0.4, 0.5) is 0 Å². The molecule has 1 N–H and O–H groups in total. The van der Waals surface area contributed by atoms with Gasteiger partial charge in [0.2, 0.25) is 0 Å². The molecular weight excluding hydrogens is 316 g/mol. The first kappa shape index (κ1) is 16.2. The van der Waals surface area contributed by atoms with Crippen LogP contribution in [0.2, 0.25) is 0 Å². The van der Waals surface area contributed by atoms with Crippen LogP contribution in [0.5, 0.6) is 0 Å². The van der Waals surface area contributed by atoms with Gasteiger partial charge in [0, 0.05) is 11.0 Å². The summed E-state index contributed by atoms with van der Waals surface area (Å²) in [5.41, 5.74) is 1.10. The average Bonchev–Trinajstić information content (AvgIpc) is 2.46. The first-order valence-corrected chi connectivity index (χ1v) is 7.29. The number of carbonyl (C=O) groups is 1. The van der Waals surface area contributed by atoms with Gasteiger partial charge in [0.15, 0.2) is 0 Å². The molecule has 1 rings (SSSR count). The summed E-state index contributed by atoms with van der Waals surface area (Å²) in [6, 6.07) is 11.6. The van der Waals surface area contributed by atoms with E-state index in [0.717, 1.165) is 18.4 Å². The Balaban J connectivity index is 2.76. The lowest BCUT2D eigenvalue weighted by atomic mass is 10.2. The van der Waals surface area contributed by atoms with Gasteiger partial charge < -0.3 is 5.32 Å². The number of hydrogen-bond donors (Lipinski definition) is 1. The van der Waals surface area contributed by atoms with Crippen LogP contribution in [-0.2, 0) is 4.79 Å². The molecule has 1 amide bonds. The number of nitrogens with one attached hydrogen (secondary N) is 1. The highest BCUT2D eigenvalue weighted by Gasteiger charge is 2.07. The molecule has 1 aromatic carbocycles. The van der Waals surface area contributed by atoms with Crippen molar-refractivity contribution >= 4 is 27.9 Å². The molecule has 0 radical (unpaired) electrons. The Morgan fingerprint density at radius 1 is 1.40 bits per heavy atom. The number of halogens is 1. The number of amides is 1. The second-order valence-electron chi connectivity index (χ2n) is 4.22. The van der Waals surface area contributed by atoms with Crippen molar-refractivity contribution in [3.8, 4) is 6.07 Å². The van der Waals surface area contributed by atoms with Crippen molar-refractivity contribution in [1.29, 1.82) is 5.26 Å². The Morgan fingerprint density at radius 3 is 2.70 bits per heavy atom. The zero-order valence-corrected chi connectivity index (χ0v) is 13.0. The third-order valence-electron chi connectivity index (χ3n) is 2.57. The lowest BCUT2D eigenvalue weighted by molar-refractivity contribution is -0.117. The van der Waals surface area contributed by atoms with E-state index in [9.17, 15) is 4.79 Å². The number of unbranched alkanes of at least 4 members (excludes halogenated alkanes) is 1. The van der Waals surface area contributed by atoms with Gasteiger partial charge in [-0.3, -0.25) is 4.79 Å². The molecule has 0 aliphatic heterocycles. The van der Waals surface area contributed by atoms with Crippen LogP contribution in [0.3, 0.4) is 0 Å². The number of hydrogen-bond acceptors (Lipinski definition) is 2. The van der Waals surface area contributed by atoms with E-state index in [1.165, 1.54) is 6.08 Å². The molecule has 0 unspecified atom stereocenters. The molecule has 20 heavy (non-hydrogen) atoms. The zero-order valence-electron chi connectivity index (χ0n) is 11.4. The van der Waals surface area contributed by atoms with Crippen LogP contribution in [0.15, 0.2) is 46.5 Å².